The summed E-state index contributed by atoms with van der Waals surface area (Å²) in [5, 5.41) is 4.17. The van der Waals surface area contributed by atoms with E-state index in [4.69, 9.17) is 9.31 Å². The molecule has 110 valence electrons. The molecule has 0 unspecified atom stereocenters. The zero-order valence-electron chi connectivity index (χ0n) is 12.8. The van der Waals surface area contributed by atoms with Crippen LogP contribution in [0.25, 0.3) is 6.08 Å². The molecule has 1 fully saturated rings. The molecule has 1 aliphatic heterocycles. The van der Waals surface area contributed by atoms with Gasteiger partial charge in [-0.15, -0.1) is 0 Å². The van der Waals surface area contributed by atoms with Gasteiger partial charge < -0.3 is 9.31 Å². The van der Waals surface area contributed by atoms with Gasteiger partial charge in [0.25, 0.3) is 0 Å². The van der Waals surface area contributed by atoms with Gasteiger partial charge in [0.05, 0.1) is 17.4 Å². The van der Waals surface area contributed by atoms with Gasteiger partial charge in [0.2, 0.25) is 0 Å². The molecule has 0 amide bonds. The van der Waals surface area contributed by atoms with Crippen LogP contribution in [0.2, 0.25) is 0 Å². The van der Waals surface area contributed by atoms with Gasteiger partial charge in [-0.1, -0.05) is 6.92 Å². The maximum Gasteiger partial charge on any atom is 0.525 e. The molecule has 1 aromatic rings. The fraction of sp³-hybridized carbons (Fsp3) is 0.643. The second-order valence-corrected chi connectivity index (χ2v) is 6.15. The van der Waals surface area contributed by atoms with Crippen molar-refractivity contribution in [2.75, 3.05) is 0 Å². The predicted octanol–water partition coefficient (Wildman–Crippen LogP) is 3.23. The summed E-state index contributed by atoms with van der Waals surface area (Å²) in [7, 11) is -0.950. The lowest BCUT2D eigenvalue weighted by molar-refractivity contribution is 0.00578. The van der Waals surface area contributed by atoms with Gasteiger partial charge in [0, 0.05) is 18.3 Å². The van der Waals surface area contributed by atoms with Crippen molar-refractivity contribution in [2.45, 2.75) is 58.8 Å². The summed E-state index contributed by atoms with van der Waals surface area (Å²) in [6.07, 6.45) is 5.86. The third kappa shape index (κ3) is 2.96. The largest absolute Gasteiger partial charge is 0.525 e. The van der Waals surface area contributed by atoms with Crippen molar-refractivity contribution in [1.29, 1.82) is 0 Å². The normalized spacial score (nSPS) is 21.5. The van der Waals surface area contributed by atoms with E-state index in [2.05, 4.69) is 12.0 Å². The Labute approximate surface area is 120 Å². The summed E-state index contributed by atoms with van der Waals surface area (Å²) in [6.45, 7) is 10.5. The first-order chi connectivity index (χ1) is 9.25. The number of halogens is 1. The van der Waals surface area contributed by atoms with Crippen molar-refractivity contribution in [3.8, 4) is 0 Å². The summed E-state index contributed by atoms with van der Waals surface area (Å²) in [4.78, 5) is 0. The second-order valence-electron chi connectivity index (χ2n) is 6.15. The van der Waals surface area contributed by atoms with Crippen molar-refractivity contribution in [3.05, 3.63) is 23.7 Å². The quantitative estimate of drug-likeness (QED) is 0.794. The SMILES string of the molecule is CCCn1cc(C=C(F)B2OC(C)(C)C(C)(C)O2)cn1. The highest BCUT2D eigenvalue weighted by atomic mass is 19.1. The molecule has 1 saturated heterocycles. The minimum Gasteiger partial charge on any atom is -0.398 e. The van der Waals surface area contributed by atoms with Crippen molar-refractivity contribution < 1.29 is 13.7 Å². The molecule has 4 nitrogen and oxygen atoms in total. The highest BCUT2D eigenvalue weighted by Crippen LogP contribution is 2.38. The summed E-state index contributed by atoms with van der Waals surface area (Å²) in [6, 6.07) is 0. The van der Waals surface area contributed by atoms with E-state index < -0.39 is 24.0 Å². The smallest absolute Gasteiger partial charge is 0.398 e. The average Bonchev–Trinajstić information content (AvgIpc) is 2.83. The maximum atomic E-state index is 14.2. The number of hydrogen-bond donors (Lipinski definition) is 0. The topological polar surface area (TPSA) is 36.3 Å². The highest BCUT2D eigenvalue weighted by Gasteiger charge is 2.53. The summed E-state index contributed by atoms with van der Waals surface area (Å²) >= 11 is 0. The van der Waals surface area contributed by atoms with Gasteiger partial charge >= 0.3 is 7.12 Å². The Morgan fingerprint density at radius 3 is 2.50 bits per heavy atom. The highest BCUT2D eigenvalue weighted by molar-refractivity contribution is 6.54. The standard InChI is InChI=1S/C14H22BFN2O2/c1-6-7-18-10-11(9-17-18)8-12(16)15-19-13(2,3)14(4,5)20-15/h8-10H,6-7H2,1-5H3. The van der Waals surface area contributed by atoms with Crippen LogP contribution in [0.15, 0.2) is 18.1 Å². The van der Waals surface area contributed by atoms with E-state index in [-0.39, 0.29) is 0 Å². The Kier molecular flexibility index (Phi) is 4.07. The van der Waals surface area contributed by atoms with Crippen LogP contribution in [0.5, 0.6) is 0 Å². The van der Waals surface area contributed by atoms with E-state index >= 15 is 0 Å². The lowest BCUT2D eigenvalue weighted by Gasteiger charge is -2.32. The predicted molar refractivity (Wildman–Crippen MR) is 77.7 cm³/mol. The monoisotopic (exact) mass is 280 g/mol. The van der Waals surface area contributed by atoms with E-state index in [1.807, 2.05) is 33.9 Å². The Morgan fingerprint density at radius 2 is 1.95 bits per heavy atom. The molecule has 0 atom stereocenters. The maximum absolute atomic E-state index is 14.2. The molecule has 0 aliphatic carbocycles. The van der Waals surface area contributed by atoms with Gasteiger partial charge in [0.1, 0.15) is 5.73 Å². The third-order valence-electron chi connectivity index (χ3n) is 3.89. The number of nitrogens with zero attached hydrogens (tertiary/aromatic N) is 2. The zero-order valence-corrected chi connectivity index (χ0v) is 12.8. The molecular weight excluding hydrogens is 258 g/mol. The first-order valence-electron chi connectivity index (χ1n) is 7.00. The molecule has 0 N–H and O–H groups in total. The Balaban J connectivity index is 2.11. The fourth-order valence-corrected chi connectivity index (χ4v) is 1.99. The van der Waals surface area contributed by atoms with Crippen LogP contribution < -0.4 is 0 Å². The number of rotatable bonds is 4. The van der Waals surface area contributed by atoms with Crippen LogP contribution >= 0.6 is 0 Å². The summed E-state index contributed by atoms with van der Waals surface area (Å²) in [5.74, 6) is 0. The average molecular weight is 280 g/mol. The molecule has 2 rings (SSSR count). The number of aryl methyl sites for hydroxylation is 1. The molecule has 0 radical (unpaired) electrons. The molecule has 1 aromatic heterocycles. The van der Waals surface area contributed by atoms with Gasteiger partial charge in [0.15, 0.2) is 0 Å². The molecule has 20 heavy (non-hydrogen) atoms. The van der Waals surface area contributed by atoms with E-state index in [0.717, 1.165) is 13.0 Å². The van der Waals surface area contributed by atoms with Crippen LogP contribution in [-0.2, 0) is 15.9 Å². The van der Waals surface area contributed by atoms with E-state index in [1.165, 1.54) is 6.08 Å². The molecule has 0 bridgehead atoms. The summed E-state index contributed by atoms with van der Waals surface area (Å²) in [5.41, 5.74) is -0.782. The molecule has 6 heteroatoms. The van der Waals surface area contributed by atoms with Crippen molar-refractivity contribution in [3.63, 3.8) is 0 Å². The van der Waals surface area contributed by atoms with Crippen LogP contribution in [0.1, 0.15) is 46.6 Å². The van der Waals surface area contributed by atoms with Crippen molar-refractivity contribution >= 4 is 13.2 Å². The van der Waals surface area contributed by atoms with Crippen molar-refractivity contribution in [1.82, 2.24) is 9.78 Å². The Morgan fingerprint density at radius 1 is 1.35 bits per heavy atom. The van der Waals surface area contributed by atoms with Gasteiger partial charge in [-0.2, -0.15) is 5.10 Å². The Hall–Kier alpha value is -1.14. The first-order valence-corrected chi connectivity index (χ1v) is 7.00. The lowest BCUT2D eigenvalue weighted by atomic mass is 9.87. The second kappa shape index (κ2) is 5.33. The molecular formula is C14H22BFN2O2. The first kappa shape index (κ1) is 15.3. The van der Waals surface area contributed by atoms with Gasteiger partial charge in [-0.05, 0) is 40.2 Å². The van der Waals surface area contributed by atoms with Crippen LogP contribution in [0.4, 0.5) is 4.39 Å². The molecule has 2 heterocycles. The van der Waals surface area contributed by atoms with Crippen LogP contribution in [0.3, 0.4) is 0 Å². The van der Waals surface area contributed by atoms with E-state index in [0.29, 0.717) is 5.56 Å². The number of hydrogen-bond acceptors (Lipinski definition) is 3. The molecule has 0 saturated carbocycles. The zero-order chi connectivity index (χ0) is 15.0. The fourth-order valence-electron chi connectivity index (χ4n) is 1.99. The number of aromatic nitrogens is 2. The third-order valence-corrected chi connectivity index (χ3v) is 3.89. The van der Waals surface area contributed by atoms with Gasteiger partial charge in [-0.25, -0.2) is 4.39 Å². The lowest BCUT2D eigenvalue weighted by Crippen LogP contribution is -2.41. The minimum absolute atomic E-state index is 0.431. The molecule has 1 aliphatic rings. The van der Waals surface area contributed by atoms with Crippen LogP contribution in [-0.4, -0.2) is 28.1 Å². The Bertz CT molecular complexity index is 495. The summed E-state index contributed by atoms with van der Waals surface area (Å²) < 4.78 is 27.4. The van der Waals surface area contributed by atoms with E-state index in [1.54, 1.807) is 10.9 Å². The minimum atomic E-state index is -0.950. The van der Waals surface area contributed by atoms with Gasteiger partial charge in [-0.3, -0.25) is 4.68 Å². The van der Waals surface area contributed by atoms with Crippen molar-refractivity contribution in [2.24, 2.45) is 0 Å². The van der Waals surface area contributed by atoms with E-state index in [9.17, 15) is 4.39 Å². The molecule has 0 spiro atoms. The molecule has 0 aromatic carbocycles. The van der Waals surface area contributed by atoms with Crippen LogP contribution in [0, 0.1) is 0 Å².